The zero-order valence-corrected chi connectivity index (χ0v) is 13.9. The fourth-order valence-electron chi connectivity index (χ4n) is 2.42. The molecule has 0 fully saturated rings. The molecule has 126 valence electrons. The number of hydrogen-bond acceptors (Lipinski definition) is 3. The molecular formula is C21H19NO3. The van der Waals surface area contributed by atoms with Gasteiger partial charge in [0, 0.05) is 5.69 Å². The van der Waals surface area contributed by atoms with Crippen molar-refractivity contribution in [2.75, 3.05) is 12.4 Å². The van der Waals surface area contributed by atoms with Gasteiger partial charge in [0.15, 0.2) is 0 Å². The first-order chi connectivity index (χ1) is 12.3. The molecule has 4 nitrogen and oxygen atoms in total. The Balaban J connectivity index is 1.73. The van der Waals surface area contributed by atoms with Crippen LogP contribution in [-0.4, -0.2) is 13.0 Å². The molecule has 3 aromatic rings. The molecule has 1 N–H and O–H groups in total. The number of rotatable bonds is 6. The van der Waals surface area contributed by atoms with Crippen molar-refractivity contribution in [3.63, 3.8) is 0 Å². The minimum Gasteiger partial charge on any atom is -0.497 e. The maximum atomic E-state index is 12.5. The third-order valence-electron chi connectivity index (χ3n) is 3.69. The van der Waals surface area contributed by atoms with Crippen LogP contribution in [0.3, 0.4) is 0 Å². The summed E-state index contributed by atoms with van der Waals surface area (Å²) in [6.45, 7) is 0.354. The van der Waals surface area contributed by atoms with Gasteiger partial charge in [-0.15, -0.1) is 0 Å². The van der Waals surface area contributed by atoms with Crippen LogP contribution < -0.4 is 14.8 Å². The Hall–Kier alpha value is -3.27. The van der Waals surface area contributed by atoms with E-state index in [-0.39, 0.29) is 5.91 Å². The molecule has 3 rings (SSSR count). The van der Waals surface area contributed by atoms with Crippen LogP contribution >= 0.6 is 0 Å². The van der Waals surface area contributed by atoms with Crippen LogP contribution in [0, 0.1) is 0 Å². The highest BCUT2D eigenvalue weighted by atomic mass is 16.5. The molecule has 0 spiro atoms. The topological polar surface area (TPSA) is 47.6 Å². The Morgan fingerprint density at radius 3 is 2.48 bits per heavy atom. The van der Waals surface area contributed by atoms with E-state index in [0.717, 1.165) is 17.0 Å². The van der Waals surface area contributed by atoms with E-state index >= 15 is 0 Å². The van der Waals surface area contributed by atoms with Crippen LogP contribution in [0.25, 0.3) is 0 Å². The lowest BCUT2D eigenvalue weighted by atomic mass is 10.1. The number of ether oxygens (including phenoxy) is 2. The minimum atomic E-state index is -0.201. The Morgan fingerprint density at radius 2 is 1.68 bits per heavy atom. The Bertz CT molecular complexity index is 847. The van der Waals surface area contributed by atoms with Crippen molar-refractivity contribution in [3.8, 4) is 11.5 Å². The normalized spacial score (nSPS) is 10.1. The number of amides is 1. The fraction of sp³-hybridized carbons (Fsp3) is 0.0952. The van der Waals surface area contributed by atoms with Crippen LogP contribution in [0.15, 0.2) is 78.9 Å². The maximum absolute atomic E-state index is 12.5. The number of nitrogens with one attached hydrogen (secondary N) is 1. The fourth-order valence-corrected chi connectivity index (χ4v) is 2.42. The van der Waals surface area contributed by atoms with Crippen LogP contribution in [0.5, 0.6) is 11.5 Å². The molecule has 0 saturated carbocycles. The first kappa shape index (κ1) is 16.6. The third-order valence-corrected chi connectivity index (χ3v) is 3.69. The van der Waals surface area contributed by atoms with E-state index in [9.17, 15) is 4.79 Å². The predicted octanol–water partition coefficient (Wildman–Crippen LogP) is 4.53. The summed E-state index contributed by atoms with van der Waals surface area (Å²) in [5, 5.41) is 2.88. The largest absolute Gasteiger partial charge is 0.497 e. The number of anilines is 1. The van der Waals surface area contributed by atoms with Gasteiger partial charge in [-0.05, 0) is 42.0 Å². The zero-order chi connectivity index (χ0) is 17.5. The molecule has 4 heteroatoms. The maximum Gasteiger partial charge on any atom is 0.259 e. The SMILES string of the molecule is COc1cccc(COc2ccccc2C(=O)Nc2ccccc2)c1. The van der Waals surface area contributed by atoms with E-state index < -0.39 is 0 Å². The first-order valence-electron chi connectivity index (χ1n) is 7.97. The van der Waals surface area contributed by atoms with Gasteiger partial charge in [0.25, 0.3) is 5.91 Å². The van der Waals surface area contributed by atoms with E-state index in [0.29, 0.717) is 17.9 Å². The summed E-state index contributed by atoms with van der Waals surface area (Å²) in [5.41, 5.74) is 2.21. The van der Waals surface area contributed by atoms with Crippen molar-refractivity contribution in [2.45, 2.75) is 6.61 Å². The highest BCUT2D eigenvalue weighted by Gasteiger charge is 2.12. The van der Waals surface area contributed by atoms with Crippen molar-refractivity contribution in [1.29, 1.82) is 0 Å². The van der Waals surface area contributed by atoms with Gasteiger partial charge in [-0.3, -0.25) is 4.79 Å². The number of carbonyl (C=O) groups is 1. The van der Waals surface area contributed by atoms with Crippen LogP contribution in [0.4, 0.5) is 5.69 Å². The van der Waals surface area contributed by atoms with E-state index in [1.807, 2.05) is 66.7 Å². The van der Waals surface area contributed by atoms with Gasteiger partial charge >= 0.3 is 0 Å². The number of carbonyl (C=O) groups excluding carboxylic acids is 1. The summed E-state index contributed by atoms with van der Waals surface area (Å²) in [7, 11) is 1.63. The monoisotopic (exact) mass is 333 g/mol. The summed E-state index contributed by atoms with van der Waals surface area (Å²) in [5.74, 6) is 1.11. The molecule has 0 aliphatic rings. The van der Waals surface area contributed by atoms with Crippen LogP contribution in [0.2, 0.25) is 0 Å². The highest BCUT2D eigenvalue weighted by molar-refractivity contribution is 6.06. The smallest absolute Gasteiger partial charge is 0.259 e. The van der Waals surface area contributed by atoms with Crippen LogP contribution in [-0.2, 0) is 6.61 Å². The number of methoxy groups -OCH3 is 1. The van der Waals surface area contributed by atoms with Gasteiger partial charge < -0.3 is 14.8 Å². The molecule has 3 aromatic carbocycles. The summed E-state index contributed by atoms with van der Waals surface area (Å²) in [4.78, 5) is 12.5. The Kier molecular flexibility index (Phi) is 5.32. The molecule has 1 amide bonds. The number of hydrogen-bond donors (Lipinski definition) is 1. The van der Waals surface area contributed by atoms with E-state index in [1.165, 1.54) is 0 Å². The second kappa shape index (κ2) is 8.02. The number of para-hydroxylation sites is 2. The Morgan fingerprint density at radius 1 is 0.920 bits per heavy atom. The predicted molar refractivity (Wildman–Crippen MR) is 98.2 cm³/mol. The highest BCUT2D eigenvalue weighted by Crippen LogP contribution is 2.22. The molecule has 0 aromatic heterocycles. The lowest BCUT2D eigenvalue weighted by molar-refractivity contribution is 0.102. The van der Waals surface area contributed by atoms with E-state index in [2.05, 4.69) is 5.32 Å². The van der Waals surface area contributed by atoms with Crippen molar-refractivity contribution >= 4 is 11.6 Å². The van der Waals surface area contributed by atoms with Gasteiger partial charge in [0.2, 0.25) is 0 Å². The average Bonchev–Trinajstić information content (AvgIpc) is 2.67. The van der Waals surface area contributed by atoms with Crippen LogP contribution in [0.1, 0.15) is 15.9 Å². The molecule has 0 heterocycles. The van der Waals surface area contributed by atoms with Crippen molar-refractivity contribution in [2.24, 2.45) is 0 Å². The van der Waals surface area contributed by atoms with Crippen molar-refractivity contribution < 1.29 is 14.3 Å². The molecule has 0 saturated heterocycles. The second-order valence-electron chi connectivity index (χ2n) is 5.46. The van der Waals surface area contributed by atoms with Gasteiger partial charge in [0.1, 0.15) is 18.1 Å². The Labute approximate surface area is 147 Å². The lowest BCUT2D eigenvalue weighted by Gasteiger charge is -2.12. The summed E-state index contributed by atoms with van der Waals surface area (Å²) < 4.78 is 11.1. The second-order valence-corrected chi connectivity index (χ2v) is 5.46. The molecular weight excluding hydrogens is 314 g/mol. The molecule has 0 aliphatic heterocycles. The average molecular weight is 333 g/mol. The van der Waals surface area contributed by atoms with Crippen molar-refractivity contribution in [1.82, 2.24) is 0 Å². The first-order valence-corrected chi connectivity index (χ1v) is 7.97. The van der Waals surface area contributed by atoms with E-state index in [4.69, 9.17) is 9.47 Å². The molecule has 25 heavy (non-hydrogen) atoms. The third kappa shape index (κ3) is 4.38. The molecule has 0 atom stereocenters. The zero-order valence-electron chi connectivity index (χ0n) is 13.9. The number of benzene rings is 3. The van der Waals surface area contributed by atoms with E-state index in [1.54, 1.807) is 19.2 Å². The van der Waals surface area contributed by atoms with Gasteiger partial charge in [0.05, 0.1) is 12.7 Å². The minimum absolute atomic E-state index is 0.201. The molecule has 0 aliphatic carbocycles. The molecule has 0 unspecified atom stereocenters. The standard InChI is InChI=1S/C21H19NO3/c1-24-18-11-7-8-16(14-18)15-25-20-13-6-5-12-19(20)21(23)22-17-9-3-2-4-10-17/h2-14H,15H2,1H3,(H,22,23). The van der Waals surface area contributed by atoms with Gasteiger partial charge in [-0.1, -0.05) is 42.5 Å². The summed E-state index contributed by atoms with van der Waals surface area (Å²) >= 11 is 0. The summed E-state index contributed by atoms with van der Waals surface area (Å²) in [6, 6.07) is 24.2. The molecule has 0 radical (unpaired) electrons. The van der Waals surface area contributed by atoms with Crippen molar-refractivity contribution in [3.05, 3.63) is 90.0 Å². The quantitative estimate of drug-likeness (QED) is 0.721. The van der Waals surface area contributed by atoms with Gasteiger partial charge in [-0.25, -0.2) is 0 Å². The van der Waals surface area contributed by atoms with Gasteiger partial charge in [-0.2, -0.15) is 0 Å². The lowest BCUT2D eigenvalue weighted by Crippen LogP contribution is -2.13. The summed E-state index contributed by atoms with van der Waals surface area (Å²) in [6.07, 6.45) is 0. The molecule has 0 bridgehead atoms.